The summed E-state index contributed by atoms with van der Waals surface area (Å²) in [7, 11) is -3.80. The zero-order valence-corrected chi connectivity index (χ0v) is 10.1. The van der Waals surface area contributed by atoms with Crippen LogP contribution in [-0.2, 0) is 21.2 Å². The summed E-state index contributed by atoms with van der Waals surface area (Å²) < 4.78 is 25.2. The van der Waals surface area contributed by atoms with Gasteiger partial charge in [-0.1, -0.05) is 6.07 Å². The van der Waals surface area contributed by atoms with Crippen LogP contribution in [0.4, 0.5) is 0 Å². The first-order valence-corrected chi connectivity index (χ1v) is 6.58. The van der Waals surface area contributed by atoms with Crippen LogP contribution in [0.1, 0.15) is 12.5 Å². The second-order valence-corrected chi connectivity index (χ2v) is 5.62. The van der Waals surface area contributed by atoms with E-state index in [-0.39, 0.29) is 6.54 Å². The molecule has 0 radical (unpaired) electrons. The summed E-state index contributed by atoms with van der Waals surface area (Å²) in [5, 5.41) is 7.16. The summed E-state index contributed by atoms with van der Waals surface area (Å²) in [6, 6.07) is 3.58. The fraction of sp³-hybridized carbons (Fsp3) is 0.400. The summed E-state index contributed by atoms with van der Waals surface area (Å²) in [6.07, 6.45) is 3.73. The standard InChI is InChI=1S/C10H14N2O4S/c1-8(10(13)14)17(15,16)12-6-4-9-3-2-5-11-7-9/h2-3,5,7-8,12H,4,6H2,1H3,(H,13,14). The fourth-order valence-corrected chi connectivity index (χ4v) is 2.04. The molecule has 17 heavy (non-hydrogen) atoms. The minimum Gasteiger partial charge on any atom is -0.480 e. The number of carbonyl (C=O) groups is 1. The first kappa shape index (κ1) is 13.6. The van der Waals surface area contributed by atoms with Gasteiger partial charge in [0.15, 0.2) is 5.25 Å². The molecule has 0 aromatic carbocycles. The molecule has 1 aromatic heterocycles. The monoisotopic (exact) mass is 258 g/mol. The van der Waals surface area contributed by atoms with E-state index in [1.807, 2.05) is 6.07 Å². The molecule has 1 rings (SSSR count). The molecular weight excluding hydrogens is 244 g/mol. The van der Waals surface area contributed by atoms with Crippen LogP contribution < -0.4 is 4.72 Å². The van der Waals surface area contributed by atoms with E-state index in [0.29, 0.717) is 6.42 Å². The predicted octanol–water partition coefficient (Wildman–Crippen LogP) is 0.0166. The Balaban J connectivity index is 2.49. The van der Waals surface area contributed by atoms with Gasteiger partial charge >= 0.3 is 5.97 Å². The summed E-state index contributed by atoms with van der Waals surface area (Å²) in [5.74, 6) is -1.36. The van der Waals surface area contributed by atoms with Crippen molar-refractivity contribution in [3.05, 3.63) is 30.1 Å². The van der Waals surface area contributed by atoms with E-state index in [0.717, 1.165) is 12.5 Å². The third-order valence-corrected chi connectivity index (χ3v) is 3.99. The van der Waals surface area contributed by atoms with Crippen LogP contribution in [-0.4, -0.2) is 36.3 Å². The van der Waals surface area contributed by atoms with Crippen LogP contribution >= 0.6 is 0 Å². The molecule has 0 aliphatic rings. The molecule has 0 spiro atoms. The third kappa shape index (κ3) is 4.12. The maximum absolute atomic E-state index is 11.5. The molecule has 0 amide bonds. The first-order valence-electron chi connectivity index (χ1n) is 5.03. The third-order valence-electron chi connectivity index (χ3n) is 2.25. The lowest BCUT2D eigenvalue weighted by atomic mass is 10.2. The smallest absolute Gasteiger partial charge is 0.323 e. The number of carboxylic acid groups (broad SMARTS) is 1. The zero-order valence-electron chi connectivity index (χ0n) is 9.33. The Labute approximate surface area is 99.7 Å². The van der Waals surface area contributed by atoms with Crippen LogP contribution in [0, 0.1) is 0 Å². The largest absolute Gasteiger partial charge is 0.480 e. The minimum atomic E-state index is -3.80. The van der Waals surface area contributed by atoms with Crippen molar-refractivity contribution in [3.63, 3.8) is 0 Å². The summed E-state index contributed by atoms with van der Waals surface area (Å²) in [6.45, 7) is 1.29. The normalized spacial score (nSPS) is 13.2. The molecule has 7 heteroatoms. The van der Waals surface area contributed by atoms with Crippen LogP contribution in [0.25, 0.3) is 0 Å². The van der Waals surface area contributed by atoms with Crippen LogP contribution in [0.2, 0.25) is 0 Å². The molecule has 1 unspecified atom stereocenters. The van der Waals surface area contributed by atoms with Gasteiger partial charge in [-0.2, -0.15) is 0 Å². The number of aromatic nitrogens is 1. The van der Waals surface area contributed by atoms with Gasteiger partial charge in [-0.3, -0.25) is 9.78 Å². The van der Waals surface area contributed by atoms with Crippen molar-refractivity contribution in [1.29, 1.82) is 0 Å². The number of sulfonamides is 1. The van der Waals surface area contributed by atoms with Gasteiger partial charge in [-0.25, -0.2) is 13.1 Å². The highest BCUT2D eigenvalue weighted by Crippen LogP contribution is 2.00. The lowest BCUT2D eigenvalue weighted by Crippen LogP contribution is -2.38. The fourth-order valence-electron chi connectivity index (χ4n) is 1.14. The number of carboxylic acids is 1. The molecule has 0 aliphatic carbocycles. The van der Waals surface area contributed by atoms with Gasteiger partial charge in [0.25, 0.3) is 0 Å². The van der Waals surface area contributed by atoms with Gasteiger partial charge in [0.2, 0.25) is 10.0 Å². The lowest BCUT2D eigenvalue weighted by Gasteiger charge is -2.09. The molecule has 0 aliphatic heterocycles. The summed E-state index contributed by atoms with van der Waals surface area (Å²) >= 11 is 0. The van der Waals surface area contributed by atoms with E-state index >= 15 is 0 Å². The highest BCUT2D eigenvalue weighted by atomic mass is 32.2. The predicted molar refractivity (Wildman–Crippen MR) is 62.0 cm³/mol. The average Bonchev–Trinajstić information content (AvgIpc) is 2.29. The average molecular weight is 258 g/mol. The lowest BCUT2D eigenvalue weighted by molar-refractivity contribution is -0.136. The SMILES string of the molecule is CC(C(=O)O)S(=O)(=O)NCCc1cccnc1. The summed E-state index contributed by atoms with van der Waals surface area (Å²) in [5.41, 5.74) is 0.887. The second kappa shape index (κ2) is 5.74. The molecule has 0 fully saturated rings. The van der Waals surface area contributed by atoms with Crippen LogP contribution in [0.3, 0.4) is 0 Å². The highest BCUT2D eigenvalue weighted by molar-refractivity contribution is 7.90. The maximum Gasteiger partial charge on any atom is 0.323 e. The number of rotatable bonds is 6. The van der Waals surface area contributed by atoms with Crippen molar-refractivity contribution in [2.45, 2.75) is 18.6 Å². The number of pyridine rings is 1. The van der Waals surface area contributed by atoms with Gasteiger partial charge in [-0.15, -0.1) is 0 Å². The Morgan fingerprint density at radius 3 is 2.82 bits per heavy atom. The van der Waals surface area contributed by atoms with Gasteiger partial charge in [-0.05, 0) is 25.0 Å². The Morgan fingerprint density at radius 1 is 1.59 bits per heavy atom. The van der Waals surface area contributed by atoms with Crippen molar-refractivity contribution in [1.82, 2.24) is 9.71 Å². The van der Waals surface area contributed by atoms with Gasteiger partial charge in [0.05, 0.1) is 0 Å². The van der Waals surface area contributed by atoms with E-state index < -0.39 is 21.2 Å². The van der Waals surface area contributed by atoms with E-state index in [9.17, 15) is 13.2 Å². The van der Waals surface area contributed by atoms with Gasteiger partial charge in [0.1, 0.15) is 0 Å². The number of nitrogens with zero attached hydrogens (tertiary/aromatic N) is 1. The molecule has 2 N–H and O–H groups in total. The van der Waals surface area contributed by atoms with Gasteiger partial charge < -0.3 is 5.11 Å². The Kier molecular flexibility index (Phi) is 4.59. The quantitative estimate of drug-likeness (QED) is 0.749. The highest BCUT2D eigenvalue weighted by Gasteiger charge is 2.26. The topological polar surface area (TPSA) is 96.4 Å². The van der Waals surface area contributed by atoms with Crippen LogP contribution in [0.15, 0.2) is 24.5 Å². The molecule has 0 bridgehead atoms. The molecule has 0 saturated carbocycles. The molecule has 0 saturated heterocycles. The van der Waals surface area contributed by atoms with Crippen molar-refractivity contribution >= 4 is 16.0 Å². The molecule has 94 valence electrons. The molecule has 6 nitrogen and oxygen atoms in total. The Hall–Kier alpha value is -1.47. The number of hydrogen-bond acceptors (Lipinski definition) is 4. The Bertz CT molecular complexity index is 472. The van der Waals surface area contributed by atoms with E-state index in [1.165, 1.54) is 0 Å². The molecule has 1 aromatic rings. The van der Waals surface area contributed by atoms with Crippen molar-refractivity contribution in [2.75, 3.05) is 6.54 Å². The molecule has 1 atom stereocenters. The maximum atomic E-state index is 11.5. The van der Waals surface area contributed by atoms with Crippen LogP contribution in [0.5, 0.6) is 0 Å². The second-order valence-electron chi connectivity index (χ2n) is 3.53. The van der Waals surface area contributed by atoms with Crippen molar-refractivity contribution < 1.29 is 18.3 Å². The van der Waals surface area contributed by atoms with E-state index in [4.69, 9.17) is 5.11 Å². The molecule has 1 heterocycles. The zero-order chi connectivity index (χ0) is 12.9. The molecular formula is C10H14N2O4S. The number of nitrogens with one attached hydrogen (secondary N) is 1. The Morgan fingerprint density at radius 2 is 2.29 bits per heavy atom. The summed E-state index contributed by atoms with van der Waals surface area (Å²) in [4.78, 5) is 14.4. The first-order chi connectivity index (χ1) is 7.93. The van der Waals surface area contributed by atoms with Gasteiger partial charge in [0, 0.05) is 18.9 Å². The van der Waals surface area contributed by atoms with E-state index in [2.05, 4.69) is 9.71 Å². The minimum absolute atomic E-state index is 0.158. The number of hydrogen-bond donors (Lipinski definition) is 2. The van der Waals surface area contributed by atoms with Crippen molar-refractivity contribution in [3.8, 4) is 0 Å². The number of aliphatic carboxylic acids is 1. The van der Waals surface area contributed by atoms with E-state index in [1.54, 1.807) is 18.5 Å². The van der Waals surface area contributed by atoms with Crippen molar-refractivity contribution in [2.24, 2.45) is 0 Å².